The van der Waals surface area contributed by atoms with E-state index in [0.29, 0.717) is 15.9 Å². The maximum absolute atomic E-state index is 6.37. The van der Waals surface area contributed by atoms with Crippen molar-refractivity contribution >= 4 is 39.9 Å². The molecule has 128 valence electrons. The lowest BCUT2D eigenvalue weighted by Gasteiger charge is -2.34. The molecule has 0 bridgehead atoms. The van der Waals surface area contributed by atoms with Crippen LogP contribution in [0.3, 0.4) is 0 Å². The summed E-state index contributed by atoms with van der Waals surface area (Å²) in [6.45, 7) is 3.87. The Balaban J connectivity index is 1.89. The van der Waals surface area contributed by atoms with Crippen LogP contribution in [0.1, 0.15) is 0 Å². The van der Waals surface area contributed by atoms with Gasteiger partial charge < -0.3 is 9.80 Å². The third-order valence-electron chi connectivity index (χ3n) is 4.56. The number of hydrogen-bond acceptors (Lipinski definition) is 4. The predicted molar refractivity (Wildman–Crippen MR) is 105 cm³/mol. The molecule has 1 saturated heterocycles. The van der Waals surface area contributed by atoms with Crippen molar-refractivity contribution in [1.29, 1.82) is 0 Å². The monoisotopic (exact) mass is 372 g/mol. The molecule has 2 heterocycles. The Kier molecular flexibility index (Phi) is 4.50. The van der Waals surface area contributed by atoms with Crippen LogP contribution < -0.4 is 4.90 Å². The van der Waals surface area contributed by atoms with E-state index < -0.39 is 0 Å². The van der Waals surface area contributed by atoms with Crippen molar-refractivity contribution in [1.82, 2.24) is 14.9 Å². The van der Waals surface area contributed by atoms with Crippen molar-refractivity contribution in [3.63, 3.8) is 0 Å². The zero-order valence-electron chi connectivity index (χ0n) is 13.9. The summed E-state index contributed by atoms with van der Waals surface area (Å²) in [7, 11) is 2.14. The number of piperazine rings is 1. The summed E-state index contributed by atoms with van der Waals surface area (Å²) in [4.78, 5) is 14.2. The average Bonchev–Trinajstić information content (AvgIpc) is 2.62. The Morgan fingerprint density at radius 1 is 0.920 bits per heavy atom. The van der Waals surface area contributed by atoms with Gasteiger partial charge >= 0.3 is 0 Å². The maximum atomic E-state index is 6.37. The van der Waals surface area contributed by atoms with Crippen LogP contribution in [0, 0.1) is 0 Å². The first-order valence-corrected chi connectivity index (χ1v) is 9.03. The Bertz CT molecular complexity index is 920. The van der Waals surface area contributed by atoms with Gasteiger partial charge in [-0.2, -0.15) is 0 Å². The van der Waals surface area contributed by atoms with Gasteiger partial charge in [0.05, 0.1) is 10.5 Å². The highest BCUT2D eigenvalue weighted by Crippen LogP contribution is 2.32. The minimum atomic E-state index is 0.648. The van der Waals surface area contributed by atoms with E-state index in [1.807, 2.05) is 42.5 Å². The van der Waals surface area contributed by atoms with E-state index in [0.717, 1.165) is 48.5 Å². The van der Waals surface area contributed by atoms with Crippen LogP contribution in [0.25, 0.3) is 22.3 Å². The topological polar surface area (TPSA) is 32.3 Å². The largest absolute Gasteiger partial charge is 0.353 e. The van der Waals surface area contributed by atoms with Crippen molar-refractivity contribution < 1.29 is 0 Å². The summed E-state index contributed by atoms with van der Waals surface area (Å²) < 4.78 is 0. The van der Waals surface area contributed by atoms with Crippen molar-refractivity contribution in [3.8, 4) is 11.4 Å². The van der Waals surface area contributed by atoms with Crippen LogP contribution in [-0.4, -0.2) is 48.1 Å². The fourth-order valence-electron chi connectivity index (χ4n) is 3.11. The Morgan fingerprint density at radius 3 is 2.44 bits per heavy atom. The number of nitrogens with zero attached hydrogens (tertiary/aromatic N) is 4. The highest BCUT2D eigenvalue weighted by molar-refractivity contribution is 6.33. The van der Waals surface area contributed by atoms with Gasteiger partial charge in [-0.25, -0.2) is 9.97 Å². The smallest absolute Gasteiger partial charge is 0.163 e. The number of likely N-dealkylation sites (N-methyl/N-ethyl adjacent to an activating group) is 1. The molecule has 0 N–H and O–H groups in total. The molecule has 4 rings (SSSR count). The van der Waals surface area contributed by atoms with Gasteiger partial charge in [-0.15, -0.1) is 0 Å². The molecule has 0 saturated carbocycles. The number of anilines is 1. The molecule has 0 spiro atoms. The highest BCUT2D eigenvalue weighted by Gasteiger charge is 2.20. The van der Waals surface area contributed by atoms with E-state index in [9.17, 15) is 0 Å². The van der Waals surface area contributed by atoms with Gasteiger partial charge in [0.2, 0.25) is 0 Å². The molecule has 6 heteroatoms. The first-order chi connectivity index (χ1) is 12.1. The molecule has 0 atom stereocenters. The highest BCUT2D eigenvalue weighted by atomic mass is 35.5. The second kappa shape index (κ2) is 6.79. The molecule has 2 aromatic carbocycles. The molecular formula is C19H18Cl2N4. The van der Waals surface area contributed by atoms with E-state index in [-0.39, 0.29) is 0 Å². The lowest BCUT2D eigenvalue weighted by Crippen LogP contribution is -2.45. The number of hydrogen-bond donors (Lipinski definition) is 0. The number of benzene rings is 2. The second-order valence-corrected chi connectivity index (χ2v) is 7.15. The van der Waals surface area contributed by atoms with Crippen molar-refractivity contribution in [2.24, 2.45) is 0 Å². The average molecular weight is 373 g/mol. The molecule has 0 aliphatic carbocycles. The fourth-order valence-corrected chi connectivity index (χ4v) is 3.50. The number of aromatic nitrogens is 2. The zero-order valence-corrected chi connectivity index (χ0v) is 15.4. The van der Waals surface area contributed by atoms with Gasteiger partial charge in [0.1, 0.15) is 5.82 Å². The molecule has 0 amide bonds. The molecule has 0 unspecified atom stereocenters. The van der Waals surface area contributed by atoms with Crippen LogP contribution in [-0.2, 0) is 0 Å². The maximum Gasteiger partial charge on any atom is 0.163 e. The van der Waals surface area contributed by atoms with Gasteiger partial charge in [-0.05, 0) is 37.4 Å². The minimum Gasteiger partial charge on any atom is -0.353 e. The molecule has 1 fully saturated rings. The summed E-state index contributed by atoms with van der Waals surface area (Å²) in [5.41, 5.74) is 1.72. The van der Waals surface area contributed by atoms with Crippen LogP contribution >= 0.6 is 23.2 Å². The van der Waals surface area contributed by atoms with E-state index >= 15 is 0 Å². The van der Waals surface area contributed by atoms with E-state index in [1.165, 1.54) is 0 Å². The lowest BCUT2D eigenvalue weighted by molar-refractivity contribution is 0.312. The normalized spacial score (nSPS) is 15.7. The summed E-state index contributed by atoms with van der Waals surface area (Å²) in [6.07, 6.45) is 0. The lowest BCUT2D eigenvalue weighted by atomic mass is 10.1. The van der Waals surface area contributed by atoms with Crippen LogP contribution in [0.5, 0.6) is 0 Å². The molecule has 1 aliphatic heterocycles. The number of halogens is 2. The third kappa shape index (κ3) is 3.30. The second-order valence-electron chi connectivity index (χ2n) is 6.30. The molecule has 0 radical (unpaired) electrons. The summed E-state index contributed by atoms with van der Waals surface area (Å²) in [6, 6.07) is 13.4. The van der Waals surface area contributed by atoms with Crippen LogP contribution in [0.4, 0.5) is 5.82 Å². The molecule has 1 aromatic heterocycles. The van der Waals surface area contributed by atoms with Gasteiger partial charge in [0.25, 0.3) is 0 Å². The fraction of sp³-hybridized carbons (Fsp3) is 0.263. The summed E-state index contributed by atoms with van der Waals surface area (Å²) in [5, 5.41) is 2.32. The van der Waals surface area contributed by atoms with Gasteiger partial charge in [0.15, 0.2) is 5.82 Å². The molecule has 25 heavy (non-hydrogen) atoms. The molecule has 1 aliphatic rings. The zero-order chi connectivity index (χ0) is 17.4. The first kappa shape index (κ1) is 16.6. The van der Waals surface area contributed by atoms with E-state index in [4.69, 9.17) is 33.2 Å². The van der Waals surface area contributed by atoms with Gasteiger partial charge in [-0.3, -0.25) is 0 Å². The van der Waals surface area contributed by atoms with Crippen LogP contribution in [0.2, 0.25) is 10.0 Å². The standard InChI is InChI=1S/C19H18Cl2N4/c1-24-8-10-25(11-9-24)19-15-12-13(20)6-7-17(15)22-18(23-19)14-4-2-3-5-16(14)21/h2-7,12H,8-11H2,1H3. The third-order valence-corrected chi connectivity index (χ3v) is 5.12. The van der Waals surface area contributed by atoms with Crippen LogP contribution in [0.15, 0.2) is 42.5 Å². The minimum absolute atomic E-state index is 0.648. The Hall–Kier alpha value is -1.88. The summed E-state index contributed by atoms with van der Waals surface area (Å²) in [5.74, 6) is 1.57. The Labute approximate surface area is 157 Å². The predicted octanol–water partition coefficient (Wildman–Crippen LogP) is 4.36. The van der Waals surface area contributed by atoms with E-state index in [2.05, 4.69) is 16.8 Å². The summed E-state index contributed by atoms with van der Waals surface area (Å²) >= 11 is 12.6. The van der Waals surface area contributed by atoms with Crippen molar-refractivity contribution in [3.05, 3.63) is 52.5 Å². The SMILES string of the molecule is CN1CCN(c2nc(-c3ccccc3Cl)nc3ccc(Cl)cc23)CC1. The van der Waals surface area contributed by atoms with Gasteiger partial charge in [-0.1, -0.05) is 35.3 Å². The Morgan fingerprint density at radius 2 is 1.68 bits per heavy atom. The molecule has 4 nitrogen and oxygen atoms in total. The van der Waals surface area contributed by atoms with Crippen molar-refractivity contribution in [2.45, 2.75) is 0 Å². The number of rotatable bonds is 2. The van der Waals surface area contributed by atoms with Crippen molar-refractivity contribution in [2.75, 3.05) is 38.1 Å². The van der Waals surface area contributed by atoms with E-state index in [1.54, 1.807) is 0 Å². The molecular weight excluding hydrogens is 355 g/mol. The quantitative estimate of drug-likeness (QED) is 0.668. The first-order valence-electron chi connectivity index (χ1n) is 8.27. The number of fused-ring (bicyclic) bond motifs is 1. The van der Waals surface area contributed by atoms with Gasteiger partial charge in [0, 0.05) is 42.2 Å². The molecule has 3 aromatic rings.